The molecule has 0 spiro atoms. The van der Waals surface area contributed by atoms with E-state index in [1.165, 1.54) is 12.1 Å². The van der Waals surface area contributed by atoms with Crippen LogP contribution in [0.2, 0.25) is 0 Å². The van der Waals surface area contributed by atoms with Crippen LogP contribution in [0.15, 0.2) is 24.3 Å². The van der Waals surface area contributed by atoms with Crippen LogP contribution in [0.1, 0.15) is 13.3 Å². The summed E-state index contributed by atoms with van der Waals surface area (Å²) in [6.45, 7) is 5.98. The van der Waals surface area contributed by atoms with Crippen LogP contribution in [-0.2, 0) is 4.74 Å². The van der Waals surface area contributed by atoms with Crippen LogP contribution < -0.4 is 10.6 Å². The van der Waals surface area contributed by atoms with Gasteiger partial charge in [-0.15, -0.1) is 0 Å². The van der Waals surface area contributed by atoms with Crippen LogP contribution in [0.4, 0.5) is 11.4 Å². The van der Waals surface area contributed by atoms with Crippen molar-refractivity contribution in [3.8, 4) is 0 Å². The van der Waals surface area contributed by atoms with E-state index in [4.69, 9.17) is 10.5 Å². The minimum Gasteiger partial charge on any atom is -0.399 e. The Labute approximate surface area is 97.2 Å². The maximum absolute atomic E-state index is 5.68. The van der Waals surface area contributed by atoms with Crippen molar-refractivity contribution in [1.82, 2.24) is 0 Å². The summed E-state index contributed by atoms with van der Waals surface area (Å²) in [5.74, 6) is 0.678. The fourth-order valence-electron chi connectivity index (χ4n) is 2.17. The van der Waals surface area contributed by atoms with Gasteiger partial charge in [0, 0.05) is 37.0 Å². The summed E-state index contributed by atoms with van der Waals surface area (Å²) in [5.41, 5.74) is 7.78. The van der Waals surface area contributed by atoms with Crippen molar-refractivity contribution in [2.75, 3.05) is 36.9 Å². The predicted octanol–water partition coefficient (Wildman–Crippen LogP) is 2.13. The minimum atomic E-state index is 0.678. The van der Waals surface area contributed by atoms with Crippen LogP contribution in [0.5, 0.6) is 0 Å². The molecule has 88 valence electrons. The lowest BCUT2D eigenvalue weighted by Gasteiger charge is -2.18. The van der Waals surface area contributed by atoms with Gasteiger partial charge in [0.25, 0.3) is 0 Å². The third kappa shape index (κ3) is 2.67. The number of ether oxygens (including phenoxy) is 1. The van der Waals surface area contributed by atoms with E-state index in [-0.39, 0.29) is 0 Å². The lowest BCUT2D eigenvalue weighted by molar-refractivity contribution is 0.117. The Morgan fingerprint density at radius 1 is 1.38 bits per heavy atom. The van der Waals surface area contributed by atoms with Crippen molar-refractivity contribution in [1.29, 1.82) is 0 Å². The van der Waals surface area contributed by atoms with Crippen molar-refractivity contribution in [2.24, 2.45) is 5.92 Å². The molecule has 0 bridgehead atoms. The molecule has 1 aromatic carbocycles. The number of nitrogens with two attached hydrogens (primary N) is 1. The molecule has 2 rings (SSSR count). The largest absolute Gasteiger partial charge is 0.399 e. The molecule has 2 N–H and O–H groups in total. The quantitative estimate of drug-likeness (QED) is 0.790. The number of hydrogen-bond donors (Lipinski definition) is 1. The van der Waals surface area contributed by atoms with Crippen molar-refractivity contribution >= 4 is 11.4 Å². The van der Waals surface area contributed by atoms with Crippen molar-refractivity contribution in [3.63, 3.8) is 0 Å². The van der Waals surface area contributed by atoms with E-state index in [2.05, 4.69) is 17.0 Å². The number of anilines is 2. The zero-order chi connectivity index (χ0) is 11.4. The predicted molar refractivity (Wildman–Crippen MR) is 67.7 cm³/mol. The summed E-state index contributed by atoms with van der Waals surface area (Å²) in [6, 6.07) is 8.12. The van der Waals surface area contributed by atoms with Crippen LogP contribution >= 0.6 is 0 Å². The number of nitrogens with zero attached hydrogens (tertiary/aromatic N) is 1. The normalized spacial score (nSPS) is 20.3. The fraction of sp³-hybridized carbons (Fsp3) is 0.538. The van der Waals surface area contributed by atoms with E-state index >= 15 is 0 Å². The first-order valence-electron chi connectivity index (χ1n) is 5.98. The topological polar surface area (TPSA) is 38.5 Å². The summed E-state index contributed by atoms with van der Waals surface area (Å²) in [4.78, 5) is 2.41. The summed E-state index contributed by atoms with van der Waals surface area (Å²) in [5, 5.41) is 0. The molecule has 1 saturated heterocycles. The summed E-state index contributed by atoms with van der Waals surface area (Å²) >= 11 is 0. The van der Waals surface area contributed by atoms with Gasteiger partial charge in [0.1, 0.15) is 0 Å². The summed E-state index contributed by atoms with van der Waals surface area (Å²) in [7, 11) is 0. The first kappa shape index (κ1) is 11.3. The van der Waals surface area contributed by atoms with E-state index in [0.29, 0.717) is 5.92 Å². The van der Waals surface area contributed by atoms with Crippen LogP contribution in [-0.4, -0.2) is 26.3 Å². The van der Waals surface area contributed by atoms with Gasteiger partial charge in [0.15, 0.2) is 0 Å². The van der Waals surface area contributed by atoms with Gasteiger partial charge >= 0.3 is 0 Å². The van der Waals surface area contributed by atoms with Gasteiger partial charge in [-0.1, -0.05) is 0 Å². The molecular formula is C13H20N2O. The molecule has 1 aliphatic heterocycles. The van der Waals surface area contributed by atoms with Gasteiger partial charge in [0.05, 0.1) is 6.61 Å². The zero-order valence-electron chi connectivity index (χ0n) is 9.86. The maximum Gasteiger partial charge on any atom is 0.0511 e. The Hall–Kier alpha value is -1.22. The van der Waals surface area contributed by atoms with Crippen molar-refractivity contribution in [3.05, 3.63) is 24.3 Å². The molecule has 1 fully saturated rings. The molecule has 1 aromatic rings. The lowest BCUT2D eigenvalue weighted by Crippen LogP contribution is -2.21. The van der Waals surface area contributed by atoms with Gasteiger partial charge in [-0.2, -0.15) is 0 Å². The second kappa shape index (κ2) is 5.21. The smallest absolute Gasteiger partial charge is 0.0511 e. The summed E-state index contributed by atoms with van der Waals surface area (Å²) in [6.07, 6.45) is 1.23. The molecule has 1 aliphatic rings. The van der Waals surface area contributed by atoms with Gasteiger partial charge in [0.2, 0.25) is 0 Å². The van der Waals surface area contributed by atoms with Gasteiger partial charge in [-0.3, -0.25) is 0 Å². The van der Waals surface area contributed by atoms with E-state index in [1.807, 2.05) is 19.1 Å². The highest BCUT2D eigenvalue weighted by Gasteiger charge is 2.22. The standard InChI is InChI=1S/C13H20N2O/c1-2-16-10-11-7-8-15(9-11)13-5-3-12(14)4-6-13/h3-6,11H,2,7-10,14H2,1H3. The maximum atomic E-state index is 5.68. The molecular weight excluding hydrogens is 200 g/mol. The molecule has 1 heterocycles. The Morgan fingerprint density at radius 2 is 2.12 bits per heavy atom. The first-order chi connectivity index (χ1) is 7.79. The molecule has 0 saturated carbocycles. The zero-order valence-corrected chi connectivity index (χ0v) is 9.86. The van der Waals surface area contributed by atoms with Gasteiger partial charge in [-0.25, -0.2) is 0 Å². The molecule has 1 atom stereocenters. The fourth-order valence-corrected chi connectivity index (χ4v) is 2.17. The first-order valence-corrected chi connectivity index (χ1v) is 5.98. The van der Waals surface area contributed by atoms with Crippen LogP contribution in [0.25, 0.3) is 0 Å². The second-order valence-corrected chi connectivity index (χ2v) is 4.35. The second-order valence-electron chi connectivity index (χ2n) is 4.35. The van der Waals surface area contributed by atoms with Crippen molar-refractivity contribution in [2.45, 2.75) is 13.3 Å². The Balaban J connectivity index is 1.90. The minimum absolute atomic E-state index is 0.678. The lowest BCUT2D eigenvalue weighted by atomic mass is 10.1. The van der Waals surface area contributed by atoms with Gasteiger partial charge in [-0.05, 0) is 37.6 Å². The average molecular weight is 220 g/mol. The number of rotatable bonds is 4. The highest BCUT2D eigenvalue weighted by Crippen LogP contribution is 2.24. The number of hydrogen-bond acceptors (Lipinski definition) is 3. The van der Waals surface area contributed by atoms with Gasteiger partial charge < -0.3 is 15.4 Å². The molecule has 0 radical (unpaired) electrons. The Bertz CT molecular complexity index is 323. The van der Waals surface area contributed by atoms with E-state index in [1.54, 1.807) is 0 Å². The monoisotopic (exact) mass is 220 g/mol. The third-order valence-electron chi connectivity index (χ3n) is 3.10. The molecule has 0 aliphatic carbocycles. The highest BCUT2D eigenvalue weighted by molar-refractivity contribution is 5.53. The Morgan fingerprint density at radius 3 is 2.81 bits per heavy atom. The molecule has 1 unspecified atom stereocenters. The van der Waals surface area contributed by atoms with Crippen LogP contribution in [0, 0.1) is 5.92 Å². The molecule has 3 nitrogen and oxygen atoms in total. The van der Waals surface area contributed by atoms with Crippen molar-refractivity contribution < 1.29 is 4.74 Å². The average Bonchev–Trinajstić information content (AvgIpc) is 2.76. The summed E-state index contributed by atoms with van der Waals surface area (Å²) < 4.78 is 5.47. The third-order valence-corrected chi connectivity index (χ3v) is 3.10. The number of nitrogen functional groups attached to an aromatic ring is 1. The molecule has 0 aromatic heterocycles. The van der Waals surface area contributed by atoms with E-state index in [9.17, 15) is 0 Å². The SMILES string of the molecule is CCOCC1CCN(c2ccc(N)cc2)C1. The van der Waals surface area contributed by atoms with E-state index < -0.39 is 0 Å². The van der Waals surface area contributed by atoms with E-state index in [0.717, 1.165) is 32.0 Å². The number of benzene rings is 1. The molecule has 0 amide bonds. The molecule has 3 heteroatoms. The van der Waals surface area contributed by atoms with Crippen LogP contribution in [0.3, 0.4) is 0 Å². The molecule has 16 heavy (non-hydrogen) atoms. The Kier molecular flexibility index (Phi) is 3.67. The highest BCUT2D eigenvalue weighted by atomic mass is 16.5.